The second-order valence-corrected chi connectivity index (χ2v) is 4.02. The quantitative estimate of drug-likeness (QED) is 0.767. The van der Waals surface area contributed by atoms with Gasteiger partial charge in [0.15, 0.2) is 0 Å². The average molecular weight is 257 g/mol. The first kappa shape index (κ1) is 13.8. The Kier molecular flexibility index (Phi) is 6.43. The van der Waals surface area contributed by atoms with Gasteiger partial charge in [-0.2, -0.15) is 0 Å². The maximum Gasteiger partial charge on any atom is 0.315 e. The molecule has 0 spiro atoms. The van der Waals surface area contributed by atoms with Gasteiger partial charge in [0, 0.05) is 31.8 Å². The summed E-state index contributed by atoms with van der Waals surface area (Å²) in [6, 6.07) is 7.20. The van der Waals surface area contributed by atoms with Crippen LogP contribution in [-0.2, 0) is 11.3 Å². The van der Waals surface area contributed by atoms with Crippen LogP contribution in [0.4, 0.5) is 4.79 Å². The van der Waals surface area contributed by atoms with Crippen molar-refractivity contribution in [2.75, 3.05) is 20.3 Å². The van der Waals surface area contributed by atoms with Crippen LogP contribution in [0, 0.1) is 0 Å². The number of carbonyl (C=O) groups is 1. The Hall–Kier alpha value is -1.26. The summed E-state index contributed by atoms with van der Waals surface area (Å²) >= 11 is 5.76. The van der Waals surface area contributed by atoms with Crippen molar-refractivity contribution in [1.29, 1.82) is 0 Å². The van der Waals surface area contributed by atoms with Crippen LogP contribution in [0.25, 0.3) is 0 Å². The van der Waals surface area contributed by atoms with Gasteiger partial charge in [0.1, 0.15) is 0 Å². The first-order chi connectivity index (χ1) is 8.22. The molecule has 0 bridgehead atoms. The van der Waals surface area contributed by atoms with Crippen molar-refractivity contribution in [2.24, 2.45) is 0 Å². The maximum absolute atomic E-state index is 11.4. The average Bonchev–Trinajstić information content (AvgIpc) is 2.34. The molecule has 1 rings (SSSR count). The molecule has 2 N–H and O–H groups in total. The van der Waals surface area contributed by atoms with E-state index in [1.54, 1.807) is 19.2 Å². The van der Waals surface area contributed by atoms with Gasteiger partial charge in [0.05, 0.1) is 0 Å². The number of methoxy groups -OCH3 is 1. The zero-order valence-corrected chi connectivity index (χ0v) is 10.6. The predicted octanol–water partition coefficient (Wildman–Crippen LogP) is 2.18. The van der Waals surface area contributed by atoms with E-state index in [4.69, 9.17) is 16.3 Å². The van der Waals surface area contributed by atoms with E-state index in [0.29, 0.717) is 24.7 Å². The lowest BCUT2D eigenvalue weighted by atomic mass is 10.2. The molecule has 0 aromatic heterocycles. The molecule has 94 valence electrons. The molecule has 0 saturated carbocycles. The molecule has 0 heterocycles. The van der Waals surface area contributed by atoms with Crippen LogP contribution in [0.2, 0.25) is 5.02 Å². The van der Waals surface area contributed by atoms with Gasteiger partial charge in [-0.15, -0.1) is 0 Å². The van der Waals surface area contributed by atoms with E-state index in [2.05, 4.69) is 10.6 Å². The van der Waals surface area contributed by atoms with Crippen molar-refractivity contribution in [1.82, 2.24) is 10.6 Å². The Morgan fingerprint density at radius 3 is 2.65 bits per heavy atom. The first-order valence-corrected chi connectivity index (χ1v) is 5.85. The highest BCUT2D eigenvalue weighted by Crippen LogP contribution is 2.08. The fourth-order valence-electron chi connectivity index (χ4n) is 1.27. The fraction of sp³-hybridized carbons (Fsp3) is 0.417. The molecule has 0 radical (unpaired) electrons. The van der Waals surface area contributed by atoms with Crippen molar-refractivity contribution in [2.45, 2.75) is 13.0 Å². The predicted molar refractivity (Wildman–Crippen MR) is 68.2 cm³/mol. The number of halogens is 1. The van der Waals surface area contributed by atoms with Crippen LogP contribution >= 0.6 is 11.6 Å². The summed E-state index contributed by atoms with van der Waals surface area (Å²) in [7, 11) is 1.64. The lowest BCUT2D eigenvalue weighted by Gasteiger charge is -2.07. The molecule has 17 heavy (non-hydrogen) atoms. The highest BCUT2D eigenvalue weighted by Gasteiger charge is 1.99. The number of amides is 2. The molecule has 1 aromatic rings. The summed E-state index contributed by atoms with van der Waals surface area (Å²) in [5.41, 5.74) is 1.02. The third-order valence-electron chi connectivity index (χ3n) is 2.18. The second-order valence-electron chi connectivity index (χ2n) is 3.58. The number of hydrogen-bond acceptors (Lipinski definition) is 2. The molecular weight excluding hydrogens is 240 g/mol. The Morgan fingerprint density at radius 1 is 1.29 bits per heavy atom. The second kappa shape index (κ2) is 7.92. The zero-order chi connectivity index (χ0) is 12.5. The van der Waals surface area contributed by atoms with Crippen LogP contribution < -0.4 is 10.6 Å². The molecule has 0 atom stereocenters. The topological polar surface area (TPSA) is 50.4 Å². The van der Waals surface area contributed by atoms with E-state index < -0.39 is 0 Å². The summed E-state index contributed by atoms with van der Waals surface area (Å²) in [5.74, 6) is 0. The monoisotopic (exact) mass is 256 g/mol. The Bertz CT molecular complexity index is 341. The third kappa shape index (κ3) is 6.14. The molecule has 0 aliphatic carbocycles. The normalized spacial score (nSPS) is 10.0. The van der Waals surface area contributed by atoms with Crippen LogP contribution in [-0.4, -0.2) is 26.3 Å². The Balaban J connectivity index is 2.17. The van der Waals surface area contributed by atoms with Gasteiger partial charge in [-0.1, -0.05) is 23.7 Å². The summed E-state index contributed by atoms with van der Waals surface area (Å²) < 4.78 is 4.88. The number of nitrogens with one attached hydrogen (secondary N) is 2. The third-order valence-corrected chi connectivity index (χ3v) is 2.43. The largest absolute Gasteiger partial charge is 0.385 e. The molecule has 4 nitrogen and oxygen atoms in total. The number of hydrogen-bond donors (Lipinski definition) is 2. The maximum atomic E-state index is 11.4. The molecule has 0 aliphatic rings. The van der Waals surface area contributed by atoms with Gasteiger partial charge in [-0.05, 0) is 24.1 Å². The van der Waals surface area contributed by atoms with Gasteiger partial charge in [-0.3, -0.25) is 0 Å². The van der Waals surface area contributed by atoms with Crippen molar-refractivity contribution in [3.8, 4) is 0 Å². The van der Waals surface area contributed by atoms with Crippen LogP contribution in [0.3, 0.4) is 0 Å². The van der Waals surface area contributed by atoms with E-state index in [0.717, 1.165) is 12.0 Å². The summed E-state index contributed by atoms with van der Waals surface area (Å²) in [5, 5.41) is 6.20. The van der Waals surface area contributed by atoms with Crippen molar-refractivity contribution >= 4 is 17.6 Å². The van der Waals surface area contributed by atoms with Gasteiger partial charge < -0.3 is 15.4 Å². The smallest absolute Gasteiger partial charge is 0.315 e. The number of urea groups is 1. The summed E-state index contributed by atoms with van der Waals surface area (Å²) in [6.45, 7) is 1.75. The minimum atomic E-state index is -0.170. The van der Waals surface area contributed by atoms with E-state index >= 15 is 0 Å². The molecular formula is C12H17ClN2O2. The lowest BCUT2D eigenvalue weighted by Crippen LogP contribution is -2.35. The number of rotatable bonds is 6. The van der Waals surface area contributed by atoms with Crippen LogP contribution in [0.5, 0.6) is 0 Å². The minimum Gasteiger partial charge on any atom is -0.385 e. The Labute approximate surface area is 106 Å². The molecule has 0 aliphatic heterocycles. The fourth-order valence-corrected chi connectivity index (χ4v) is 1.39. The zero-order valence-electron chi connectivity index (χ0n) is 9.83. The first-order valence-electron chi connectivity index (χ1n) is 5.47. The van der Waals surface area contributed by atoms with Crippen molar-refractivity contribution in [3.63, 3.8) is 0 Å². The van der Waals surface area contributed by atoms with E-state index in [1.165, 1.54) is 0 Å². The van der Waals surface area contributed by atoms with Gasteiger partial charge in [0.25, 0.3) is 0 Å². The standard InChI is InChI=1S/C12H17ClN2O2/c1-17-8-2-7-14-12(16)15-9-10-3-5-11(13)6-4-10/h3-6H,2,7-9H2,1H3,(H2,14,15,16). The lowest BCUT2D eigenvalue weighted by molar-refractivity contribution is 0.193. The number of ether oxygens (including phenoxy) is 1. The van der Waals surface area contributed by atoms with Crippen molar-refractivity contribution < 1.29 is 9.53 Å². The molecule has 2 amide bonds. The molecule has 5 heteroatoms. The molecule has 0 saturated heterocycles. The van der Waals surface area contributed by atoms with Crippen molar-refractivity contribution in [3.05, 3.63) is 34.9 Å². The SMILES string of the molecule is COCCCNC(=O)NCc1ccc(Cl)cc1. The summed E-state index contributed by atoms with van der Waals surface area (Å²) in [4.78, 5) is 11.4. The molecule has 1 aromatic carbocycles. The van der Waals surface area contributed by atoms with E-state index in [9.17, 15) is 4.79 Å². The highest BCUT2D eigenvalue weighted by molar-refractivity contribution is 6.30. The van der Waals surface area contributed by atoms with Crippen LogP contribution in [0.15, 0.2) is 24.3 Å². The molecule has 0 fully saturated rings. The van der Waals surface area contributed by atoms with E-state index in [-0.39, 0.29) is 6.03 Å². The highest BCUT2D eigenvalue weighted by atomic mass is 35.5. The summed E-state index contributed by atoms with van der Waals surface area (Å²) in [6.07, 6.45) is 0.810. The van der Waals surface area contributed by atoms with Gasteiger partial charge in [0.2, 0.25) is 0 Å². The van der Waals surface area contributed by atoms with Gasteiger partial charge in [-0.25, -0.2) is 4.79 Å². The number of carbonyl (C=O) groups excluding carboxylic acids is 1. The minimum absolute atomic E-state index is 0.170. The number of benzene rings is 1. The molecule has 0 unspecified atom stereocenters. The van der Waals surface area contributed by atoms with Gasteiger partial charge >= 0.3 is 6.03 Å². The van der Waals surface area contributed by atoms with E-state index in [1.807, 2.05) is 12.1 Å². The Morgan fingerprint density at radius 2 is 2.00 bits per heavy atom. The van der Waals surface area contributed by atoms with Crippen LogP contribution in [0.1, 0.15) is 12.0 Å².